The van der Waals surface area contributed by atoms with Crippen molar-refractivity contribution in [2.24, 2.45) is 0 Å². The summed E-state index contributed by atoms with van der Waals surface area (Å²) in [5.41, 5.74) is 2.45. The molecule has 0 aliphatic carbocycles. The summed E-state index contributed by atoms with van der Waals surface area (Å²) < 4.78 is 2.14. The number of anilines is 1. The summed E-state index contributed by atoms with van der Waals surface area (Å²) >= 11 is 1.68. The first-order valence-corrected chi connectivity index (χ1v) is 9.98. The Balaban J connectivity index is 1.40. The van der Waals surface area contributed by atoms with Gasteiger partial charge in [-0.1, -0.05) is 18.2 Å². The number of piperazine rings is 1. The van der Waals surface area contributed by atoms with E-state index in [1.807, 2.05) is 35.5 Å². The van der Waals surface area contributed by atoms with Crippen molar-refractivity contribution in [2.75, 3.05) is 31.1 Å². The summed E-state index contributed by atoms with van der Waals surface area (Å²) in [6, 6.07) is 16.7. The molecule has 3 heterocycles. The number of benzene rings is 1. The van der Waals surface area contributed by atoms with Crippen LogP contribution in [0.5, 0.6) is 0 Å². The molecule has 2 aromatic heterocycles. The molecule has 4 nitrogen and oxygen atoms in total. The summed E-state index contributed by atoms with van der Waals surface area (Å²) in [6.45, 7) is 3.36. The average Bonchev–Trinajstić information content (AvgIpc) is 3.41. The molecule has 1 fully saturated rings. The molecule has 1 atom stereocenters. The highest BCUT2D eigenvalue weighted by atomic mass is 32.1. The highest BCUT2D eigenvalue weighted by Crippen LogP contribution is 2.26. The van der Waals surface area contributed by atoms with E-state index in [0.717, 1.165) is 26.2 Å². The van der Waals surface area contributed by atoms with Crippen molar-refractivity contribution in [3.8, 4) is 0 Å². The van der Waals surface area contributed by atoms with Gasteiger partial charge < -0.3 is 14.4 Å². The fourth-order valence-corrected chi connectivity index (χ4v) is 4.27. The maximum atomic E-state index is 12.9. The largest absolute Gasteiger partial charge is 0.368 e. The zero-order chi connectivity index (χ0) is 17.8. The lowest BCUT2D eigenvalue weighted by Gasteiger charge is -2.36. The van der Waals surface area contributed by atoms with Gasteiger partial charge in [0.05, 0.1) is 12.5 Å². The van der Waals surface area contributed by atoms with Crippen LogP contribution >= 0.6 is 11.3 Å². The molecular formula is C21H23N3OS. The topological polar surface area (TPSA) is 28.5 Å². The highest BCUT2D eigenvalue weighted by molar-refractivity contribution is 7.08. The third-order valence-corrected chi connectivity index (χ3v) is 5.74. The number of para-hydroxylation sites is 1. The highest BCUT2D eigenvalue weighted by Gasteiger charge is 2.25. The second-order valence-electron chi connectivity index (χ2n) is 6.61. The molecule has 3 aromatic rings. The van der Waals surface area contributed by atoms with Gasteiger partial charge in [-0.25, -0.2) is 0 Å². The third-order valence-electron chi connectivity index (χ3n) is 5.04. The molecule has 1 unspecified atom stereocenters. The van der Waals surface area contributed by atoms with Crippen LogP contribution in [0.1, 0.15) is 18.0 Å². The maximum Gasteiger partial charge on any atom is 0.225 e. The molecule has 0 N–H and O–H groups in total. The van der Waals surface area contributed by atoms with E-state index in [9.17, 15) is 4.79 Å². The Labute approximate surface area is 158 Å². The minimum Gasteiger partial charge on any atom is -0.368 e. The van der Waals surface area contributed by atoms with Crippen LogP contribution in [0.3, 0.4) is 0 Å². The van der Waals surface area contributed by atoms with Crippen molar-refractivity contribution in [3.63, 3.8) is 0 Å². The van der Waals surface area contributed by atoms with Gasteiger partial charge in [0.1, 0.15) is 0 Å². The molecule has 0 spiro atoms. The second kappa shape index (κ2) is 7.79. The van der Waals surface area contributed by atoms with Crippen LogP contribution in [0.4, 0.5) is 5.69 Å². The van der Waals surface area contributed by atoms with Gasteiger partial charge in [0.2, 0.25) is 5.91 Å². The molecule has 1 aliphatic heterocycles. The normalized spacial score (nSPS) is 15.8. The van der Waals surface area contributed by atoms with Crippen LogP contribution in [-0.2, 0) is 4.79 Å². The Bertz CT molecular complexity index is 772. The minimum atomic E-state index is 0.0795. The van der Waals surface area contributed by atoms with E-state index in [4.69, 9.17) is 0 Å². The number of carbonyl (C=O) groups excluding carboxylic acids is 1. The fourth-order valence-electron chi connectivity index (χ4n) is 3.56. The molecule has 4 rings (SSSR count). The summed E-state index contributed by atoms with van der Waals surface area (Å²) in [5, 5.41) is 4.22. The van der Waals surface area contributed by atoms with E-state index < -0.39 is 0 Å². The molecule has 1 aromatic carbocycles. The van der Waals surface area contributed by atoms with Crippen LogP contribution in [0.2, 0.25) is 0 Å². The number of aromatic nitrogens is 1. The number of hydrogen-bond acceptors (Lipinski definition) is 3. The number of carbonyl (C=O) groups is 1. The number of thiophene rings is 1. The second-order valence-corrected chi connectivity index (χ2v) is 7.39. The average molecular weight is 366 g/mol. The molecule has 1 saturated heterocycles. The van der Waals surface area contributed by atoms with E-state index in [-0.39, 0.29) is 11.9 Å². The number of hydrogen-bond donors (Lipinski definition) is 0. The number of rotatable bonds is 5. The SMILES string of the molecule is O=C(CC(c1ccsc1)n1cccc1)N1CCN(c2ccccc2)CC1. The van der Waals surface area contributed by atoms with Crippen LogP contribution in [0.15, 0.2) is 71.7 Å². The molecule has 1 aliphatic rings. The summed E-state index contributed by atoms with van der Waals surface area (Å²) in [5.74, 6) is 0.239. The predicted molar refractivity (Wildman–Crippen MR) is 107 cm³/mol. The van der Waals surface area contributed by atoms with Crippen molar-refractivity contribution >= 4 is 22.9 Å². The quantitative estimate of drug-likeness (QED) is 0.686. The van der Waals surface area contributed by atoms with Crippen LogP contribution in [0, 0.1) is 0 Å². The van der Waals surface area contributed by atoms with Gasteiger partial charge in [0.25, 0.3) is 0 Å². The standard InChI is InChI=1S/C21H23N3OS/c25-21(16-20(18-8-15-26-17-18)23-9-4-5-10-23)24-13-11-22(12-14-24)19-6-2-1-3-7-19/h1-10,15,17,20H,11-14,16H2. The maximum absolute atomic E-state index is 12.9. The Morgan fingerprint density at radius 3 is 2.35 bits per heavy atom. The molecule has 1 amide bonds. The first kappa shape index (κ1) is 16.9. The van der Waals surface area contributed by atoms with Gasteiger partial charge in [-0.2, -0.15) is 11.3 Å². The van der Waals surface area contributed by atoms with Crippen molar-refractivity contribution in [1.29, 1.82) is 0 Å². The van der Waals surface area contributed by atoms with E-state index in [2.05, 4.69) is 50.6 Å². The zero-order valence-corrected chi connectivity index (χ0v) is 15.5. The van der Waals surface area contributed by atoms with Crippen LogP contribution in [0.25, 0.3) is 0 Å². The van der Waals surface area contributed by atoms with Crippen molar-refractivity contribution < 1.29 is 4.79 Å². The lowest BCUT2D eigenvalue weighted by Crippen LogP contribution is -2.49. The van der Waals surface area contributed by atoms with Gasteiger partial charge in [0, 0.05) is 44.3 Å². The van der Waals surface area contributed by atoms with E-state index in [0.29, 0.717) is 6.42 Å². The van der Waals surface area contributed by atoms with Crippen LogP contribution in [-0.4, -0.2) is 41.6 Å². The molecule has 0 bridgehead atoms. The third kappa shape index (κ3) is 3.68. The number of nitrogens with zero attached hydrogens (tertiary/aromatic N) is 3. The van der Waals surface area contributed by atoms with Gasteiger partial charge >= 0.3 is 0 Å². The Hall–Kier alpha value is -2.53. The van der Waals surface area contributed by atoms with Gasteiger partial charge in [0.15, 0.2) is 0 Å². The zero-order valence-electron chi connectivity index (χ0n) is 14.7. The Morgan fingerprint density at radius 2 is 1.69 bits per heavy atom. The lowest BCUT2D eigenvalue weighted by atomic mass is 10.1. The smallest absolute Gasteiger partial charge is 0.225 e. The molecule has 26 heavy (non-hydrogen) atoms. The minimum absolute atomic E-state index is 0.0795. The summed E-state index contributed by atoms with van der Waals surface area (Å²) in [6.07, 6.45) is 4.60. The molecule has 0 radical (unpaired) electrons. The summed E-state index contributed by atoms with van der Waals surface area (Å²) in [4.78, 5) is 17.3. The first-order valence-electron chi connectivity index (χ1n) is 9.03. The summed E-state index contributed by atoms with van der Waals surface area (Å²) in [7, 11) is 0. The van der Waals surface area contributed by atoms with Gasteiger partial charge in [-0.3, -0.25) is 4.79 Å². The van der Waals surface area contributed by atoms with E-state index in [1.54, 1.807) is 11.3 Å². The fraction of sp³-hybridized carbons (Fsp3) is 0.286. The monoisotopic (exact) mass is 365 g/mol. The van der Waals surface area contributed by atoms with Gasteiger partial charge in [-0.15, -0.1) is 0 Å². The molecule has 0 saturated carbocycles. The number of amides is 1. The van der Waals surface area contributed by atoms with E-state index >= 15 is 0 Å². The molecular weight excluding hydrogens is 342 g/mol. The molecule has 134 valence electrons. The first-order chi connectivity index (χ1) is 12.8. The molecule has 5 heteroatoms. The Kier molecular flexibility index (Phi) is 5.07. The van der Waals surface area contributed by atoms with Gasteiger partial charge in [-0.05, 0) is 46.7 Å². The lowest BCUT2D eigenvalue weighted by molar-refractivity contribution is -0.132. The van der Waals surface area contributed by atoms with E-state index in [1.165, 1.54) is 11.3 Å². The van der Waals surface area contributed by atoms with Crippen LogP contribution < -0.4 is 4.90 Å². The predicted octanol–water partition coefficient (Wildman–Crippen LogP) is 3.88. The van der Waals surface area contributed by atoms with Crippen molar-refractivity contribution in [1.82, 2.24) is 9.47 Å². The van der Waals surface area contributed by atoms with Crippen molar-refractivity contribution in [2.45, 2.75) is 12.5 Å². The van der Waals surface area contributed by atoms with Crippen molar-refractivity contribution in [3.05, 3.63) is 77.2 Å². The Morgan fingerprint density at radius 1 is 0.962 bits per heavy atom.